The highest BCUT2D eigenvalue weighted by atomic mass is 32.1. The second-order valence-electron chi connectivity index (χ2n) is 7.19. The van der Waals surface area contributed by atoms with Gasteiger partial charge in [0.1, 0.15) is 6.54 Å². The van der Waals surface area contributed by atoms with Gasteiger partial charge in [0.25, 0.3) is 0 Å². The predicted molar refractivity (Wildman–Crippen MR) is 112 cm³/mol. The first kappa shape index (κ1) is 19.0. The van der Waals surface area contributed by atoms with E-state index in [1.807, 2.05) is 30.3 Å². The summed E-state index contributed by atoms with van der Waals surface area (Å²) in [6.07, 6.45) is 1.19. The number of quaternary nitrogens is 1. The highest BCUT2D eigenvalue weighted by Crippen LogP contribution is 2.25. The van der Waals surface area contributed by atoms with E-state index in [2.05, 4.69) is 33.0 Å². The van der Waals surface area contributed by atoms with E-state index >= 15 is 0 Å². The number of likely N-dealkylation sites (N-methyl/N-ethyl adjacent to an activating group) is 1. The fourth-order valence-electron chi connectivity index (χ4n) is 3.38. The van der Waals surface area contributed by atoms with Gasteiger partial charge in [-0.1, -0.05) is 25.1 Å². The van der Waals surface area contributed by atoms with E-state index in [0.29, 0.717) is 6.61 Å². The van der Waals surface area contributed by atoms with E-state index in [4.69, 9.17) is 4.74 Å². The Morgan fingerprint density at radius 1 is 1.00 bits per heavy atom. The maximum atomic E-state index is 12.8. The molecule has 0 radical (unpaired) electrons. The van der Waals surface area contributed by atoms with Gasteiger partial charge in [-0.3, -0.25) is 4.79 Å². The van der Waals surface area contributed by atoms with Crippen molar-refractivity contribution in [3.8, 4) is 0 Å². The molecule has 3 rings (SSSR count). The molecule has 26 heavy (non-hydrogen) atoms. The average Bonchev–Trinajstić information content (AvgIpc) is 2.66. The Bertz CT molecular complexity index is 950. The zero-order chi connectivity index (χ0) is 18.6. The third-order valence-electron chi connectivity index (χ3n) is 5.21. The quantitative estimate of drug-likeness (QED) is 0.323. The van der Waals surface area contributed by atoms with Crippen LogP contribution >= 0.6 is 11.3 Å². The zero-order valence-electron chi connectivity index (χ0n) is 16.0. The summed E-state index contributed by atoms with van der Waals surface area (Å²) in [5.41, 5.74) is 1.19. The molecule has 3 nitrogen and oxygen atoms in total. The van der Waals surface area contributed by atoms with Gasteiger partial charge < -0.3 is 9.22 Å². The van der Waals surface area contributed by atoms with E-state index in [-0.39, 0.29) is 5.43 Å². The third kappa shape index (κ3) is 4.14. The number of rotatable bonds is 8. The summed E-state index contributed by atoms with van der Waals surface area (Å²) < 4.78 is 9.05. The molecule has 4 heteroatoms. The SMILES string of the molecule is CCC[N+](C)(CC)CCOCc1ccc2sc3ccccc3c(=O)c2c1. The number of hydrogen-bond acceptors (Lipinski definition) is 3. The molecule has 0 N–H and O–H groups in total. The molecule has 0 saturated carbocycles. The van der Waals surface area contributed by atoms with Crippen molar-refractivity contribution in [1.82, 2.24) is 0 Å². The Kier molecular flexibility index (Phi) is 6.07. The van der Waals surface area contributed by atoms with Crippen molar-refractivity contribution in [2.45, 2.75) is 26.9 Å². The van der Waals surface area contributed by atoms with Crippen LogP contribution in [0.2, 0.25) is 0 Å². The van der Waals surface area contributed by atoms with E-state index in [1.165, 1.54) is 13.0 Å². The van der Waals surface area contributed by atoms with Gasteiger partial charge in [0.05, 0.1) is 33.4 Å². The summed E-state index contributed by atoms with van der Waals surface area (Å²) in [6, 6.07) is 14.0. The minimum absolute atomic E-state index is 0.120. The smallest absolute Gasteiger partial charge is 0.195 e. The highest BCUT2D eigenvalue weighted by molar-refractivity contribution is 7.24. The molecular weight excluding hydrogens is 342 g/mol. The van der Waals surface area contributed by atoms with E-state index in [0.717, 1.165) is 49.9 Å². The van der Waals surface area contributed by atoms with Crippen LogP contribution in [-0.4, -0.2) is 37.8 Å². The number of hydrogen-bond donors (Lipinski definition) is 0. The average molecular weight is 371 g/mol. The number of nitrogens with zero attached hydrogens (tertiary/aromatic N) is 1. The molecule has 0 aliphatic rings. The van der Waals surface area contributed by atoms with Crippen molar-refractivity contribution in [2.24, 2.45) is 0 Å². The summed E-state index contributed by atoms with van der Waals surface area (Å²) in [7, 11) is 2.29. The molecule has 3 aromatic rings. The Labute approximate surface area is 159 Å². The van der Waals surface area contributed by atoms with Crippen molar-refractivity contribution in [3.05, 3.63) is 58.3 Å². The molecule has 0 fully saturated rings. The van der Waals surface area contributed by atoms with Crippen LogP contribution < -0.4 is 5.43 Å². The largest absolute Gasteiger partial charge is 0.371 e. The Morgan fingerprint density at radius 3 is 2.54 bits per heavy atom. The molecule has 0 aliphatic heterocycles. The molecule has 1 aromatic heterocycles. The Morgan fingerprint density at radius 2 is 1.77 bits per heavy atom. The molecular formula is C22H28NO2S+. The standard InChI is InChI=1S/C22H28NO2S/c1-4-12-23(3,5-2)13-14-25-16-17-10-11-21-19(15-17)22(24)18-8-6-7-9-20(18)26-21/h6-11,15H,4-5,12-14,16H2,1-3H3/q+1. The first-order valence-electron chi connectivity index (χ1n) is 9.42. The van der Waals surface area contributed by atoms with Gasteiger partial charge in [-0.25, -0.2) is 0 Å². The van der Waals surface area contributed by atoms with Gasteiger partial charge in [-0.15, -0.1) is 11.3 Å². The van der Waals surface area contributed by atoms with E-state index in [1.54, 1.807) is 11.3 Å². The van der Waals surface area contributed by atoms with Crippen LogP contribution in [0.1, 0.15) is 25.8 Å². The summed E-state index contributed by atoms with van der Waals surface area (Å²) in [4.78, 5) is 12.8. The van der Waals surface area contributed by atoms with Crippen LogP contribution in [0.25, 0.3) is 20.2 Å². The van der Waals surface area contributed by atoms with Crippen LogP contribution in [-0.2, 0) is 11.3 Å². The number of ether oxygens (including phenoxy) is 1. The van der Waals surface area contributed by atoms with Gasteiger partial charge in [0.2, 0.25) is 0 Å². The second kappa shape index (κ2) is 8.30. The predicted octanol–water partition coefficient (Wildman–Crippen LogP) is 4.81. The molecule has 2 aromatic carbocycles. The fraction of sp³-hybridized carbons (Fsp3) is 0.409. The summed E-state index contributed by atoms with van der Waals surface area (Å²) in [5.74, 6) is 0. The van der Waals surface area contributed by atoms with Gasteiger partial charge >= 0.3 is 0 Å². The Balaban J connectivity index is 1.72. The van der Waals surface area contributed by atoms with Gasteiger partial charge in [0, 0.05) is 20.2 Å². The lowest BCUT2D eigenvalue weighted by molar-refractivity contribution is -0.908. The summed E-state index contributed by atoms with van der Waals surface area (Å²) >= 11 is 1.67. The number of benzene rings is 2. The monoisotopic (exact) mass is 370 g/mol. The minimum Gasteiger partial charge on any atom is -0.371 e. The van der Waals surface area contributed by atoms with Crippen molar-refractivity contribution in [3.63, 3.8) is 0 Å². The molecule has 0 aliphatic carbocycles. The van der Waals surface area contributed by atoms with Gasteiger partial charge in [-0.05, 0) is 43.2 Å². The lowest BCUT2D eigenvalue weighted by Gasteiger charge is -2.33. The van der Waals surface area contributed by atoms with Crippen molar-refractivity contribution < 1.29 is 9.22 Å². The molecule has 0 saturated heterocycles. The van der Waals surface area contributed by atoms with Gasteiger partial charge in [0.15, 0.2) is 5.43 Å². The molecule has 1 heterocycles. The van der Waals surface area contributed by atoms with Crippen molar-refractivity contribution in [2.75, 3.05) is 33.3 Å². The van der Waals surface area contributed by atoms with E-state index in [9.17, 15) is 4.79 Å². The van der Waals surface area contributed by atoms with E-state index < -0.39 is 0 Å². The first-order valence-corrected chi connectivity index (χ1v) is 10.2. The third-order valence-corrected chi connectivity index (χ3v) is 6.36. The Hall–Kier alpha value is -1.75. The van der Waals surface area contributed by atoms with Crippen molar-refractivity contribution in [1.29, 1.82) is 0 Å². The fourth-order valence-corrected chi connectivity index (χ4v) is 4.43. The van der Waals surface area contributed by atoms with Crippen LogP contribution in [0.3, 0.4) is 0 Å². The van der Waals surface area contributed by atoms with Gasteiger partial charge in [-0.2, -0.15) is 0 Å². The molecule has 1 atom stereocenters. The number of fused-ring (bicyclic) bond motifs is 2. The maximum Gasteiger partial charge on any atom is 0.195 e. The lowest BCUT2D eigenvalue weighted by atomic mass is 10.1. The summed E-state index contributed by atoms with van der Waals surface area (Å²) in [6.45, 7) is 9.10. The normalized spacial score (nSPS) is 14.0. The molecule has 138 valence electrons. The topological polar surface area (TPSA) is 26.3 Å². The zero-order valence-corrected chi connectivity index (χ0v) is 16.8. The van der Waals surface area contributed by atoms with Crippen LogP contribution in [0.5, 0.6) is 0 Å². The highest BCUT2D eigenvalue weighted by Gasteiger charge is 2.17. The molecule has 0 amide bonds. The minimum atomic E-state index is 0.120. The van der Waals surface area contributed by atoms with Crippen LogP contribution in [0.4, 0.5) is 0 Å². The molecule has 0 spiro atoms. The van der Waals surface area contributed by atoms with Crippen LogP contribution in [0.15, 0.2) is 47.3 Å². The second-order valence-corrected chi connectivity index (χ2v) is 8.28. The first-order chi connectivity index (χ1) is 12.6. The summed E-state index contributed by atoms with van der Waals surface area (Å²) in [5, 5.41) is 1.61. The molecule has 0 bridgehead atoms. The maximum absolute atomic E-state index is 12.8. The lowest BCUT2D eigenvalue weighted by Crippen LogP contribution is -2.46. The van der Waals surface area contributed by atoms with Crippen molar-refractivity contribution >= 4 is 31.5 Å². The van der Waals surface area contributed by atoms with Crippen LogP contribution in [0, 0.1) is 0 Å². The molecule has 1 unspecified atom stereocenters.